The van der Waals surface area contributed by atoms with Gasteiger partial charge in [0, 0.05) is 10.9 Å². The van der Waals surface area contributed by atoms with Crippen LogP contribution in [0, 0.1) is 0 Å². The van der Waals surface area contributed by atoms with Crippen molar-refractivity contribution >= 4 is 23.2 Å². The molecule has 1 aromatic rings. The monoisotopic (exact) mass is 309 g/mol. The first-order valence-electron chi connectivity index (χ1n) is 7.57. The van der Waals surface area contributed by atoms with E-state index in [1.165, 1.54) is 4.88 Å². The Kier molecular flexibility index (Phi) is 5.39. The van der Waals surface area contributed by atoms with E-state index in [-0.39, 0.29) is 30.4 Å². The maximum Gasteiger partial charge on any atom is 0.325 e. The molecule has 116 valence electrons. The fraction of sp³-hybridized carbons (Fsp3) is 0.625. The second kappa shape index (κ2) is 7.07. The molecule has 0 saturated carbocycles. The van der Waals surface area contributed by atoms with Crippen molar-refractivity contribution in [2.75, 3.05) is 13.2 Å². The van der Waals surface area contributed by atoms with Gasteiger partial charge in [-0.1, -0.05) is 0 Å². The van der Waals surface area contributed by atoms with Crippen LogP contribution in [0.25, 0.3) is 0 Å². The summed E-state index contributed by atoms with van der Waals surface area (Å²) >= 11 is 1.73. The van der Waals surface area contributed by atoms with Gasteiger partial charge in [-0.05, 0) is 57.0 Å². The number of esters is 1. The standard InChI is InChI=1S/C16H23NO3S/c1-4-20-15(18)10-17(11(2)3)16(19)13-6-5-7-14-12(13)8-9-21-14/h8-9,11,13H,4-7,10H2,1-3H3. The minimum absolute atomic E-state index is 0.00841. The molecule has 0 radical (unpaired) electrons. The van der Waals surface area contributed by atoms with E-state index < -0.39 is 0 Å². The fourth-order valence-electron chi connectivity index (χ4n) is 2.80. The number of hydrogen-bond donors (Lipinski definition) is 0. The van der Waals surface area contributed by atoms with Crippen molar-refractivity contribution in [2.45, 2.75) is 52.0 Å². The van der Waals surface area contributed by atoms with Gasteiger partial charge >= 0.3 is 5.97 Å². The normalized spacial score (nSPS) is 17.4. The van der Waals surface area contributed by atoms with E-state index in [0.29, 0.717) is 6.61 Å². The molecule has 21 heavy (non-hydrogen) atoms. The van der Waals surface area contributed by atoms with Gasteiger partial charge in [-0.3, -0.25) is 9.59 Å². The molecule has 1 atom stereocenters. The van der Waals surface area contributed by atoms with Crippen molar-refractivity contribution in [3.05, 3.63) is 21.9 Å². The van der Waals surface area contributed by atoms with Crippen LogP contribution in [-0.4, -0.2) is 36.0 Å². The number of carbonyl (C=O) groups is 2. The molecule has 0 saturated heterocycles. The van der Waals surface area contributed by atoms with Crippen LogP contribution in [0.5, 0.6) is 0 Å². The molecule has 1 heterocycles. The first-order valence-corrected chi connectivity index (χ1v) is 8.45. The number of hydrogen-bond acceptors (Lipinski definition) is 4. The highest BCUT2D eigenvalue weighted by atomic mass is 32.1. The lowest BCUT2D eigenvalue weighted by atomic mass is 9.86. The summed E-state index contributed by atoms with van der Waals surface area (Å²) in [5.74, 6) is -0.380. The molecule has 1 unspecified atom stereocenters. The lowest BCUT2D eigenvalue weighted by Gasteiger charge is -2.31. The van der Waals surface area contributed by atoms with Gasteiger partial charge in [-0.2, -0.15) is 0 Å². The Morgan fingerprint density at radius 1 is 1.48 bits per heavy atom. The van der Waals surface area contributed by atoms with Crippen molar-refractivity contribution in [1.29, 1.82) is 0 Å². The Labute approximate surface area is 130 Å². The topological polar surface area (TPSA) is 46.6 Å². The highest BCUT2D eigenvalue weighted by molar-refractivity contribution is 7.10. The number of thiophene rings is 1. The minimum Gasteiger partial charge on any atom is -0.465 e. The van der Waals surface area contributed by atoms with Crippen LogP contribution in [0.2, 0.25) is 0 Å². The summed E-state index contributed by atoms with van der Waals surface area (Å²) in [7, 11) is 0. The van der Waals surface area contributed by atoms with Crippen molar-refractivity contribution in [3.63, 3.8) is 0 Å². The highest BCUT2D eigenvalue weighted by Gasteiger charge is 2.32. The van der Waals surface area contributed by atoms with E-state index in [0.717, 1.165) is 24.8 Å². The zero-order chi connectivity index (χ0) is 15.4. The molecule has 0 N–H and O–H groups in total. The Hall–Kier alpha value is -1.36. The van der Waals surface area contributed by atoms with Crippen molar-refractivity contribution in [2.24, 2.45) is 0 Å². The molecule has 1 aliphatic rings. The molecule has 1 aliphatic carbocycles. The minimum atomic E-state index is -0.332. The first-order chi connectivity index (χ1) is 10.0. The number of fused-ring (bicyclic) bond motifs is 1. The van der Waals surface area contributed by atoms with Crippen LogP contribution in [0.4, 0.5) is 0 Å². The maximum atomic E-state index is 12.9. The summed E-state index contributed by atoms with van der Waals surface area (Å²) < 4.78 is 4.98. The Morgan fingerprint density at radius 3 is 2.90 bits per heavy atom. The predicted molar refractivity (Wildman–Crippen MR) is 83.5 cm³/mol. The average Bonchev–Trinajstić information content (AvgIpc) is 2.92. The SMILES string of the molecule is CCOC(=O)CN(C(=O)C1CCCc2sccc21)C(C)C. The number of rotatable bonds is 5. The third kappa shape index (κ3) is 3.64. The van der Waals surface area contributed by atoms with E-state index in [1.807, 2.05) is 13.8 Å². The lowest BCUT2D eigenvalue weighted by molar-refractivity contribution is -0.150. The summed E-state index contributed by atoms with van der Waals surface area (Å²) in [5.41, 5.74) is 1.16. The number of aryl methyl sites for hydroxylation is 1. The molecule has 1 aromatic heterocycles. The summed E-state index contributed by atoms with van der Waals surface area (Å²) in [6.45, 7) is 6.04. The van der Waals surface area contributed by atoms with E-state index in [1.54, 1.807) is 23.2 Å². The second-order valence-corrected chi connectivity index (χ2v) is 6.61. The van der Waals surface area contributed by atoms with Crippen molar-refractivity contribution in [1.82, 2.24) is 4.90 Å². The molecule has 1 amide bonds. The number of nitrogens with zero attached hydrogens (tertiary/aromatic N) is 1. The molecular formula is C16H23NO3S. The molecule has 4 nitrogen and oxygen atoms in total. The molecule has 5 heteroatoms. The average molecular weight is 309 g/mol. The Morgan fingerprint density at radius 2 is 2.24 bits per heavy atom. The van der Waals surface area contributed by atoms with Crippen molar-refractivity contribution < 1.29 is 14.3 Å². The van der Waals surface area contributed by atoms with Crippen LogP contribution < -0.4 is 0 Å². The fourth-order valence-corrected chi connectivity index (χ4v) is 3.79. The molecular weight excluding hydrogens is 286 g/mol. The number of ether oxygens (including phenoxy) is 1. The van der Waals surface area contributed by atoms with E-state index >= 15 is 0 Å². The number of amides is 1. The molecule has 0 fully saturated rings. The van der Waals surface area contributed by atoms with Crippen LogP contribution in [-0.2, 0) is 20.7 Å². The molecule has 2 rings (SSSR count). The molecule has 0 bridgehead atoms. The zero-order valence-corrected chi connectivity index (χ0v) is 13.7. The van der Waals surface area contributed by atoms with Gasteiger partial charge in [0.2, 0.25) is 5.91 Å². The maximum absolute atomic E-state index is 12.9. The van der Waals surface area contributed by atoms with E-state index in [4.69, 9.17) is 4.74 Å². The zero-order valence-electron chi connectivity index (χ0n) is 12.9. The third-order valence-corrected chi connectivity index (χ3v) is 4.86. The largest absolute Gasteiger partial charge is 0.465 e. The van der Waals surface area contributed by atoms with Gasteiger partial charge in [-0.25, -0.2) is 0 Å². The summed E-state index contributed by atoms with van der Waals surface area (Å²) in [5, 5.41) is 2.06. The second-order valence-electron chi connectivity index (χ2n) is 5.61. The van der Waals surface area contributed by atoms with Crippen LogP contribution in [0.15, 0.2) is 11.4 Å². The van der Waals surface area contributed by atoms with Gasteiger partial charge in [-0.15, -0.1) is 11.3 Å². The Balaban J connectivity index is 2.15. The molecule has 0 aromatic carbocycles. The van der Waals surface area contributed by atoms with Gasteiger partial charge in [0.1, 0.15) is 6.54 Å². The predicted octanol–water partition coefficient (Wildman–Crippen LogP) is 2.97. The van der Waals surface area contributed by atoms with Gasteiger partial charge in [0.25, 0.3) is 0 Å². The molecule has 0 aliphatic heterocycles. The van der Waals surface area contributed by atoms with Gasteiger partial charge in [0.05, 0.1) is 12.5 Å². The Bertz CT molecular complexity index is 509. The first kappa shape index (κ1) is 16.0. The van der Waals surface area contributed by atoms with Crippen LogP contribution >= 0.6 is 11.3 Å². The van der Waals surface area contributed by atoms with Gasteiger partial charge < -0.3 is 9.64 Å². The van der Waals surface area contributed by atoms with E-state index in [2.05, 4.69) is 11.4 Å². The quantitative estimate of drug-likeness (QED) is 0.786. The smallest absolute Gasteiger partial charge is 0.325 e. The molecule has 0 spiro atoms. The van der Waals surface area contributed by atoms with Gasteiger partial charge in [0.15, 0.2) is 0 Å². The summed E-state index contributed by atoms with van der Waals surface area (Å²) in [6, 6.07) is 2.05. The lowest BCUT2D eigenvalue weighted by Crippen LogP contribution is -2.44. The third-order valence-electron chi connectivity index (χ3n) is 3.86. The number of carbonyl (C=O) groups excluding carboxylic acids is 2. The van der Waals surface area contributed by atoms with Crippen LogP contribution in [0.3, 0.4) is 0 Å². The highest BCUT2D eigenvalue weighted by Crippen LogP contribution is 2.36. The van der Waals surface area contributed by atoms with Crippen molar-refractivity contribution in [3.8, 4) is 0 Å². The van der Waals surface area contributed by atoms with Crippen LogP contribution in [0.1, 0.15) is 50.0 Å². The van der Waals surface area contributed by atoms with E-state index in [9.17, 15) is 9.59 Å². The summed E-state index contributed by atoms with van der Waals surface area (Å²) in [4.78, 5) is 27.6. The summed E-state index contributed by atoms with van der Waals surface area (Å²) in [6.07, 6.45) is 2.97.